The van der Waals surface area contributed by atoms with Crippen LogP contribution in [0.15, 0.2) is 46.0 Å². The van der Waals surface area contributed by atoms with E-state index in [0.717, 1.165) is 19.3 Å². The minimum Gasteiger partial charge on any atom is -0.352 e. The molecule has 1 aromatic heterocycles. The van der Waals surface area contributed by atoms with Crippen LogP contribution in [0, 0.1) is 0 Å². The van der Waals surface area contributed by atoms with Gasteiger partial charge in [0.1, 0.15) is 4.21 Å². The van der Waals surface area contributed by atoms with E-state index in [-0.39, 0.29) is 11.9 Å². The van der Waals surface area contributed by atoms with E-state index >= 15 is 0 Å². The molecule has 1 amide bonds. The number of benzene rings is 1. The first-order valence-electron chi connectivity index (χ1n) is 8.57. The second-order valence-electron chi connectivity index (χ2n) is 6.25. The smallest absolute Gasteiger partial charge is 0.252 e. The van der Waals surface area contributed by atoms with Gasteiger partial charge in [-0.05, 0) is 55.0 Å². The summed E-state index contributed by atoms with van der Waals surface area (Å²) in [4.78, 5) is 12.2. The van der Waals surface area contributed by atoms with Crippen molar-refractivity contribution in [3.63, 3.8) is 0 Å². The highest BCUT2D eigenvalue weighted by Gasteiger charge is 2.33. The molecular formula is C18H21ClN2O3S2. The van der Waals surface area contributed by atoms with E-state index < -0.39 is 10.0 Å². The lowest BCUT2D eigenvalue weighted by molar-refractivity contribution is 0.0949. The standard InChI is InChI=1S/C18H21ClN2O3S2/c19-15-8-6-14(7-9-15)18(22)20-11-10-16-4-1-2-12-21(16)26(23,24)17-5-3-13-25-17/h3,5-9,13,16H,1-2,4,10-12H2,(H,20,22). The molecule has 1 aliphatic rings. The summed E-state index contributed by atoms with van der Waals surface area (Å²) in [5.74, 6) is -0.176. The van der Waals surface area contributed by atoms with Crippen molar-refractivity contribution in [1.82, 2.24) is 9.62 Å². The van der Waals surface area contributed by atoms with Gasteiger partial charge in [0.25, 0.3) is 15.9 Å². The molecule has 2 heterocycles. The Labute approximate surface area is 163 Å². The van der Waals surface area contributed by atoms with Gasteiger partial charge in [0.2, 0.25) is 0 Å². The summed E-state index contributed by atoms with van der Waals surface area (Å²) in [6, 6.07) is 10.0. The fourth-order valence-corrected chi connectivity index (χ4v) is 6.13. The van der Waals surface area contributed by atoms with Crippen LogP contribution in [0.1, 0.15) is 36.0 Å². The number of hydrogen-bond donors (Lipinski definition) is 1. The molecule has 1 saturated heterocycles. The molecule has 2 aromatic rings. The predicted octanol–water partition coefficient (Wildman–Crippen LogP) is 3.76. The number of piperidine rings is 1. The third-order valence-corrected chi connectivity index (χ3v) is 8.08. The van der Waals surface area contributed by atoms with Gasteiger partial charge in [-0.1, -0.05) is 24.1 Å². The van der Waals surface area contributed by atoms with Gasteiger partial charge >= 0.3 is 0 Å². The second kappa shape index (κ2) is 8.52. The summed E-state index contributed by atoms with van der Waals surface area (Å²) in [6.45, 7) is 0.971. The quantitative estimate of drug-likeness (QED) is 0.785. The van der Waals surface area contributed by atoms with Crippen molar-refractivity contribution >= 4 is 38.9 Å². The molecule has 1 N–H and O–H groups in total. The average Bonchev–Trinajstić information content (AvgIpc) is 3.18. The van der Waals surface area contributed by atoms with E-state index in [1.54, 1.807) is 46.1 Å². The minimum atomic E-state index is -3.45. The van der Waals surface area contributed by atoms with Crippen LogP contribution in [0.3, 0.4) is 0 Å². The summed E-state index contributed by atoms with van der Waals surface area (Å²) in [6.07, 6.45) is 3.30. The van der Waals surface area contributed by atoms with Crippen LogP contribution in [0.5, 0.6) is 0 Å². The van der Waals surface area contributed by atoms with Gasteiger partial charge in [-0.15, -0.1) is 11.3 Å². The lowest BCUT2D eigenvalue weighted by Crippen LogP contribution is -2.44. The fourth-order valence-electron chi connectivity index (χ4n) is 3.16. The van der Waals surface area contributed by atoms with Crippen LogP contribution >= 0.6 is 22.9 Å². The van der Waals surface area contributed by atoms with Gasteiger partial charge in [-0.25, -0.2) is 8.42 Å². The number of amides is 1. The van der Waals surface area contributed by atoms with Crippen molar-refractivity contribution in [3.05, 3.63) is 52.4 Å². The van der Waals surface area contributed by atoms with Crippen LogP contribution < -0.4 is 5.32 Å². The molecule has 1 atom stereocenters. The van der Waals surface area contributed by atoms with E-state index in [2.05, 4.69) is 5.32 Å². The van der Waals surface area contributed by atoms with Crippen LogP contribution in [-0.2, 0) is 10.0 Å². The first kappa shape index (κ1) is 19.4. The maximum absolute atomic E-state index is 12.8. The molecule has 0 spiro atoms. The number of carbonyl (C=O) groups is 1. The van der Waals surface area contributed by atoms with Gasteiger partial charge in [0.05, 0.1) is 0 Å². The van der Waals surface area contributed by atoms with Crippen molar-refractivity contribution in [2.45, 2.75) is 35.9 Å². The SMILES string of the molecule is O=C(NCCC1CCCCN1S(=O)(=O)c1cccs1)c1ccc(Cl)cc1. The van der Waals surface area contributed by atoms with E-state index in [4.69, 9.17) is 11.6 Å². The molecule has 8 heteroatoms. The van der Waals surface area contributed by atoms with Crippen LogP contribution in [-0.4, -0.2) is 37.8 Å². The molecule has 1 fully saturated rings. The number of thiophene rings is 1. The zero-order valence-corrected chi connectivity index (χ0v) is 16.6. The molecule has 3 rings (SSSR count). The molecule has 26 heavy (non-hydrogen) atoms. The largest absolute Gasteiger partial charge is 0.352 e. The number of nitrogens with zero attached hydrogens (tertiary/aromatic N) is 1. The van der Waals surface area contributed by atoms with Gasteiger partial charge in [-0.3, -0.25) is 4.79 Å². The van der Waals surface area contributed by atoms with Gasteiger partial charge < -0.3 is 5.32 Å². The van der Waals surface area contributed by atoms with E-state index in [1.165, 1.54) is 11.3 Å². The van der Waals surface area contributed by atoms with Crippen molar-refractivity contribution in [2.24, 2.45) is 0 Å². The molecule has 0 bridgehead atoms. The van der Waals surface area contributed by atoms with Gasteiger partial charge in [0, 0.05) is 29.7 Å². The van der Waals surface area contributed by atoms with E-state index in [1.807, 2.05) is 0 Å². The van der Waals surface area contributed by atoms with E-state index in [9.17, 15) is 13.2 Å². The third kappa shape index (κ3) is 4.46. The molecule has 5 nitrogen and oxygen atoms in total. The van der Waals surface area contributed by atoms with Crippen molar-refractivity contribution in [1.29, 1.82) is 0 Å². The van der Waals surface area contributed by atoms with Crippen LogP contribution in [0.4, 0.5) is 0 Å². The van der Waals surface area contributed by atoms with Crippen molar-refractivity contribution in [3.8, 4) is 0 Å². The molecule has 1 unspecified atom stereocenters. The monoisotopic (exact) mass is 412 g/mol. The Bertz CT molecular complexity index is 836. The number of hydrogen-bond acceptors (Lipinski definition) is 4. The Morgan fingerprint density at radius 1 is 1.23 bits per heavy atom. The average molecular weight is 413 g/mol. The molecule has 0 radical (unpaired) electrons. The molecular weight excluding hydrogens is 392 g/mol. The molecule has 1 aliphatic heterocycles. The van der Waals surface area contributed by atoms with E-state index in [0.29, 0.717) is 34.3 Å². The maximum atomic E-state index is 12.8. The number of halogens is 1. The highest BCUT2D eigenvalue weighted by molar-refractivity contribution is 7.91. The number of nitrogens with one attached hydrogen (secondary N) is 1. The molecule has 140 valence electrons. The predicted molar refractivity (Wildman–Crippen MR) is 104 cm³/mol. The lowest BCUT2D eigenvalue weighted by Gasteiger charge is -2.34. The fraction of sp³-hybridized carbons (Fsp3) is 0.389. The minimum absolute atomic E-state index is 0.0821. The normalized spacial score (nSPS) is 18.6. The Morgan fingerprint density at radius 2 is 2.00 bits per heavy atom. The number of carbonyl (C=O) groups excluding carboxylic acids is 1. The topological polar surface area (TPSA) is 66.5 Å². The second-order valence-corrected chi connectivity index (χ2v) is 9.75. The summed E-state index contributed by atoms with van der Waals surface area (Å²) < 4.78 is 27.7. The lowest BCUT2D eigenvalue weighted by atomic mass is 10.0. The van der Waals surface area contributed by atoms with Crippen molar-refractivity contribution in [2.75, 3.05) is 13.1 Å². The Morgan fingerprint density at radius 3 is 2.69 bits per heavy atom. The Hall–Kier alpha value is -1.41. The first-order valence-corrected chi connectivity index (χ1v) is 11.3. The van der Waals surface area contributed by atoms with Gasteiger partial charge in [-0.2, -0.15) is 4.31 Å². The molecule has 1 aromatic carbocycles. The summed E-state index contributed by atoms with van der Waals surface area (Å²) in [7, 11) is -3.45. The van der Waals surface area contributed by atoms with Crippen LogP contribution in [0.25, 0.3) is 0 Å². The number of sulfonamides is 1. The highest BCUT2D eigenvalue weighted by atomic mass is 35.5. The molecule has 0 saturated carbocycles. The highest BCUT2D eigenvalue weighted by Crippen LogP contribution is 2.29. The first-order chi connectivity index (χ1) is 12.5. The van der Waals surface area contributed by atoms with Crippen LogP contribution in [0.2, 0.25) is 5.02 Å². The van der Waals surface area contributed by atoms with Gasteiger partial charge in [0.15, 0.2) is 0 Å². The summed E-state index contributed by atoms with van der Waals surface area (Å²) in [5.41, 5.74) is 0.543. The zero-order valence-electron chi connectivity index (χ0n) is 14.2. The maximum Gasteiger partial charge on any atom is 0.252 e. The van der Waals surface area contributed by atoms with Crippen molar-refractivity contribution < 1.29 is 13.2 Å². The summed E-state index contributed by atoms with van der Waals surface area (Å²) >= 11 is 7.07. The Balaban J connectivity index is 1.60. The summed E-state index contributed by atoms with van der Waals surface area (Å²) in [5, 5.41) is 5.23. The molecule has 0 aliphatic carbocycles. The number of rotatable bonds is 6. The Kier molecular flexibility index (Phi) is 6.34. The third-order valence-electron chi connectivity index (χ3n) is 4.50. The zero-order chi connectivity index (χ0) is 18.6.